The molecule has 1 aromatic rings. The SMILES string of the molecule is CNC(CCC(C)(C)C)c1cnc(C)cn1. The van der Waals surface area contributed by atoms with Gasteiger partial charge in [-0.15, -0.1) is 0 Å². The van der Waals surface area contributed by atoms with Crippen LogP contribution in [0.4, 0.5) is 0 Å². The Morgan fingerprint density at radius 1 is 1.25 bits per heavy atom. The average molecular weight is 221 g/mol. The molecule has 0 aliphatic carbocycles. The van der Waals surface area contributed by atoms with E-state index in [1.165, 1.54) is 6.42 Å². The fourth-order valence-corrected chi connectivity index (χ4v) is 1.60. The molecular weight excluding hydrogens is 198 g/mol. The molecule has 0 bridgehead atoms. The Morgan fingerprint density at radius 2 is 1.94 bits per heavy atom. The first-order valence-electron chi connectivity index (χ1n) is 5.88. The van der Waals surface area contributed by atoms with E-state index in [1.54, 1.807) is 0 Å². The molecule has 16 heavy (non-hydrogen) atoms. The topological polar surface area (TPSA) is 37.8 Å². The zero-order chi connectivity index (χ0) is 12.2. The van der Waals surface area contributed by atoms with Gasteiger partial charge in [-0.25, -0.2) is 0 Å². The van der Waals surface area contributed by atoms with Crippen LogP contribution in [0.1, 0.15) is 51.0 Å². The zero-order valence-electron chi connectivity index (χ0n) is 11.0. The lowest BCUT2D eigenvalue weighted by atomic mass is 9.88. The normalized spacial score (nSPS) is 13.8. The van der Waals surface area contributed by atoms with E-state index in [4.69, 9.17) is 0 Å². The highest BCUT2D eigenvalue weighted by Gasteiger charge is 2.16. The van der Waals surface area contributed by atoms with Crippen molar-refractivity contribution in [1.82, 2.24) is 15.3 Å². The number of hydrogen-bond donors (Lipinski definition) is 1. The number of nitrogens with zero attached hydrogens (tertiary/aromatic N) is 2. The smallest absolute Gasteiger partial charge is 0.0756 e. The van der Waals surface area contributed by atoms with Crippen molar-refractivity contribution in [3.05, 3.63) is 23.8 Å². The molecule has 0 radical (unpaired) electrons. The monoisotopic (exact) mass is 221 g/mol. The van der Waals surface area contributed by atoms with Crippen LogP contribution < -0.4 is 5.32 Å². The summed E-state index contributed by atoms with van der Waals surface area (Å²) in [5, 5.41) is 3.31. The third kappa shape index (κ3) is 4.27. The summed E-state index contributed by atoms with van der Waals surface area (Å²) in [6.45, 7) is 8.75. The fourth-order valence-electron chi connectivity index (χ4n) is 1.60. The largest absolute Gasteiger partial charge is 0.312 e. The molecule has 1 unspecified atom stereocenters. The highest BCUT2D eigenvalue weighted by atomic mass is 14.9. The van der Waals surface area contributed by atoms with Crippen molar-refractivity contribution < 1.29 is 0 Å². The molecule has 1 atom stereocenters. The number of hydrogen-bond acceptors (Lipinski definition) is 3. The van der Waals surface area contributed by atoms with Crippen LogP contribution in [-0.2, 0) is 0 Å². The van der Waals surface area contributed by atoms with Crippen LogP contribution in [0.3, 0.4) is 0 Å². The molecule has 0 spiro atoms. The second-order valence-corrected chi connectivity index (χ2v) is 5.52. The quantitative estimate of drug-likeness (QED) is 0.849. The predicted octanol–water partition coefficient (Wildman–Crippen LogP) is 2.87. The van der Waals surface area contributed by atoms with Gasteiger partial charge in [-0.3, -0.25) is 9.97 Å². The molecule has 1 N–H and O–H groups in total. The summed E-state index contributed by atoms with van der Waals surface area (Å²) in [6, 6.07) is 0.312. The van der Waals surface area contributed by atoms with Gasteiger partial charge in [0.25, 0.3) is 0 Å². The van der Waals surface area contributed by atoms with Crippen LogP contribution >= 0.6 is 0 Å². The van der Waals surface area contributed by atoms with E-state index in [2.05, 4.69) is 36.1 Å². The summed E-state index contributed by atoms with van der Waals surface area (Å²) in [5.74, 6) is 0. The Bertz CT molecular complexity index is 311. The van der Waals surface area contributed by atoms with Gasteiger partial charge in [0.15, 0.2) is 0 Å². The first-order chi connectivity index (χ1) is 7.42. The van der Waals surface area contributed by atoms with E-state index in [9.17, 15) is 0 Å². The van der Waals surface area contributed by atoms with E-state index < -0.39 is 0 Å². The Kier molecular flexibility index (Phi) is 4.42. The Labute approximate surface area is 98.7 Å². The molecule has 0 aliphatic heterocycles. The van der Waals surface area contributed by atoms with Gasteiger partial charge >= 0.3 is 0 Å². The van der Waals surface area contributed by atoms with Crippen molar-refractivity contribution >= 4 is 0 Å². The third-order valence-corrected chi connectivity index (χ3v) is 2.69. The summed E-state index contributed by atoms with van der Waals surface area (Å²) in [5.41, 5.74) is 2.37. The molecule has 3 nitrogen and oxygen atoms in total. The van der Waals surface area contributed by atoms with Crippen LogP contribution in [-0.4, -0.2) is 17.0 Å². The van der Waals surface area contributed by atoms with Crippen molar-refractivity contribution in [2.24, 2.45) is 5.41 Å². The van der Waals surface area contributed by atoms with Gasteiger partial charge in [-0.05, 0) is 32.2 Å². The van der Waals surface area contributed by atoms with Crippen LogP contribution in [0.15, 0.2) is 12.4 Å². The molecule has 1 heterocycles. The van der Waals surface area contributed by atoms with Gasteiger partial charge in [0.1, 0.15) is 0 Å². The lowest BCUT2D eigenvalue weighted by Crippen LogP contribution is -2.20. The summed E-state index contributed by atoms with van der Waals surface area (Å²) in [4.78, 5) is 8.72. The highest BCUT2D eigenvalue weighted by molar-refractivity contribution is 5.05. The van der Waals surface area contributed by atoms with E-state index in [0.29, 0.717) is 11.5 Å². The molecule has 0 saturated heterocycles. The maximum atomic E-state index is 4.43. The minimum absolute atomic E-state index is 0.312. The van der Waals surface area contributed by atoms with Gasteiger partial charge in [0.05, 0.1) is 23.6 Å². The standard InChI is InChI=1S/C13H23N3/c1-10-8-16-12(9-15-10)11(14-5)6-7-13(2,3)4/h8-9,11,14H,6-7H2,1-5H3. The maximum absolute atomic E-state index is 4.43. The molecule has 3 heteroatoms. The van der Waals surface area contributed by atoms with Crippen LogP contribution in [0.2, 0.25) is 0 Å². The van der Waals surface area contributed by atoms with E-state index in [1.807, 2.05) is 26.4 Å². The minimum atomic E-state index is 0.312. The summed E-state index contributed by atoms with van der Waals surface area (Å²) >= 11 is 0. The van der Waals surface area contributed by atoms with Crippen molar-refractivity contribution in [3.8, 4) is 0 Å². The van der Waals surface area contributed by atoms with Gasteiger partial charge in [-0.2, -0.15) is 0 Å². The van der Waals surface area contributed by atoms with Crippen molar-refractivity contribution in [3.63, 3.8) is 0 Å². The number of rotatable bonds is 4. The van der Waals surface area contributed by atoms with Gasteiger partial charge in [0, 0.05) is 6.20 Å². The lowest BCUT2D eigenvalue weighted by Gasteiger charge is -2.22. The second-order valence-electron chi connectivity index (χ2n) is 5.52. The molecule has 90 valence electrons. The second kappa shape index (κ2) is 5.39. The number of nitrogens with one attached hydrogen (secondary N) is 1. The third-order valence-electron chi connectivity index (χ3n) is 2.69. The molecule has 0 saturated carbocycles. The van der Waals surface area contributed by atoms with Crippen molar-refractivity contribution in [2.45, 2.75) is 46.6 Å². The van der Waals surface area contributed by atoms with Gasteiger partial charge in [-0.1, -0.05) is 20.8 Å². The van der Waals surface area contributed by atoms with E-state index in [0.717, 1.165) is 17.8 Å². The first-order valence-corrected chi connectivity index (χ1v) is 5.88. The van der Waals surface area contributed by atoms with Crippen LogP contribution in [0.5, 0.6) is 0 Å². The van der Waals surface area contributed by atoms with Gasteiger partial charge < -0.3 is 5.32 Å². The number of aryl methyl sites for hydroxylation is 1. The Morgan fingerprint density at radius 3 is 2.38 bits per heavy atom. The summed E-state index contributed by atoms with van der Waals surface area (Å²) in [6.07, 6.45) is 5.97. The number of aromatic nitrogens is 2. The predicted molar refractivity (Wildman–Crippen MR) is 67.3 cm³/mol. The Hall–Kier alpha value is -0.960. The average Bonchev–Trinajstić information content (AvgIpc) is 2.20. The van der Waals surface area contributed by atoms with Gasteiger partial charge in [0.2, 0.25) is 0 Å². The van der Waals surface area contributed by atoms with E-state index in [-0.39, 0.29) is 0 Å². The minimum Gasteiger partial charge on any atom is -0.312 e. The molecule has 0 aliphatic rings. The molecule has 0 aromatic carbocycles. The molecule has 1 aromatic heterocycles. The molecular formula is C13H23N3. The maximum Gasteiger partial charge on any atom is 0.0756 e. The highest BCUT2D eigenvalue weighted by Crippen LogP contribution is 2.26. The van der Waals surface area contributed by atoms with E-state index >= 15 is 0 Å². The van der Waals surface area contributed by atoms with Crippen molar-refractivity contribution in [2.75, 3.05) is 7.05 Å². The van der Waals surface area contributed by atoms with Crippen LogP contribution in [0, 0.1) is 12.3 Å². The Balaban J connectivity index is 2.64. The fraction of sp³-hybridized carbons (Fsp3) is 0.692. The lowest BCUT2D eigenvalue weighted by molar-refractivity contribution is 0.335. The molecule has 0 amide bonds. The zero-order valence-corrected chi connectivity index (χ0v) is 11.0. The summed E-state index contributed by atoms with van der Waals surface area (Å²) < 4.78 is 0. The van der Waals surface area contributed by atoms with Crippen molar-refractivity contribution in [1.29, 1.82) is 0 Å². The first kappa shape index (κ1) is 13.1. The molecule has 1 rings (SSSR count). The van der Waals surface area contributed by atoms with Crippen LogP contribution in [0.25, 0.3) is 0 Å². The molecule has 0 fully saturated rings. The summed E-state index contributed by atoms with van der Waals surface area (Å²) in [7, 11) is 1.98.